The first-order valence-electron chi connectivity index (χ1n) is 8.71. The molecule has 0 saturated heterocycles. The Hall–Kier alpha value is -3.22. The number of carboxylic acid groups (broad SMARTS) is 2. The number of nitrogens with one attached hydrogen (secondary N) is 3. The Kier molecular flexibility index (Phi) is 10.9. The van der Waals surface area contributed by atoms with Crippen LogP contribution in [-0.2, 0) is 28.8 Å². The maximum absolute atomic E-state index is 12.5. The van der Waals surface area contributed by atoms with E-state index in [1.54, 1.807) is 13.8 Å². The average Bonchev–Trinajstić information content (AvgIpc) is 2.60. The number of rotatable bonds is 13. The van der Waals surface area contributed by atoms with Crippen molar-refractivity contribution in [3.8, 4) is 0 Å². The molecule has 9 N–H and O–H groups in total. The van der Waals surface area contributed by atoms with Crippen molar-refractivity contribution in [2.45, 2.75) is 51.2 Å². The van der Waals surface area contributed by atoms with Crippen molar-refractivity contribution in [3.05, 3.63) is 0 Å². The summed E-state index contributed by atoms with van der Waals surface area (Å²) >= 11 is 0. The maximum Gasteiger partial charge on any atom is 0.322 e. The van der Waals surface area contributed by atoms with Gasteiger partial charge >= 0.3 is 11.9 Å². The van der Waals surface area contributed by atoms with E-state index in [2.05, 4.69) is 16.0 Å². The second-order valence-corrected chi connectivity index (χ2v) is 6.61. The van der Waals surface area contributed by atoms with E-state index >= 15 is 0 Å². The number of nitrogens with two attached hydrogens (primary N) is 2. The number of aliphatic carboxylic acids is 2. The Morgan fingerprint density at radius 1 is 0.897 bits per heavy atom. The molecule has 0 aliphatic heterocycles. The molecule has 0 saturated carbocycles. The topological polar surface area (TPSA) is 231 Å². The van der Waals surface area contributed by atoms with Crippen LogP contribution in [0.4, 0.5) is 0 Å². The number of carbonyl (C=O) groups excluding carboxylic acids is 4. The van der Waals surface area contributed by atoms with Gasteiger partial charge in [-0.3, -0.25) is 28.8 Å². The summed E-state index contributed by atoms with van der Waals surface area (Å²) < 4.78 is 0. The predicted molar refractivity (Wildman–Crippen MR) is 98.0 cm³/mol. The molecule has 0 aliphatic carbocycles. The molecule has 0 aromatic heterocycles. The first kappa shape index (κ1) is 25.8. The van der Waals surface area contributed by atoms with Crippen LogP contribution in [0, 0.1) is 5.92 Å². The second-order valence-electron chi connectivity index (χ2n) is 6.61. The van der Waals surface area contributed by atoms with Crippen molar-refractivity contribution in [2.75, 3.05) is 6.54 Å². The predicted octanol–water partition coefficient (Wildman–Crippen LogP) is -3.12. The molecule has 0 radical (unpaired) electrons. The van der Waals surface area contributed by atoms with Gasteiger partial charge < -0.3 is 37.6 Å². The van der Waals surface area contributed by atoms with Gasteiger partial charge in [0.25, 0.3) is 0 Å². The van der Waals surface area contributed by atoms with Gasteiger partial charge in [0.1, 0.15) is 18.6 Å². The number of amides is 4. The van der Waals surface area contributed by atoms with Crippen LogP contribution in [0.2, 0.25) is 0 Å². The monoisotopic (exact) mass is 417 g/mol. The molecule has 0 aromatic carbocycles. The minimum absolute atomic E-state index is 0.196. The van der Waals surface area contributed by atoms with E-state index in [1.807, 2.05) is 0 Å². The Morgan fingerprint density at radius 3 is 1.93 bits per heavy atom. The standard InChI is InChI=1S/C16H27N5O8/c1-7(2)13(16(29)19-6-12(25)26)21-15(28)9(5-10(18)22)20-14(27)8(17)3-4-11(23)24/h7-9,13H,3-6,17H2,1-2H3,(H2,18,22)(H,19,29)(H,20,27)(H,21,28)(H,23,24)(H,25,26). The summed E-state index contributed by atoms with van der Waals surface area (Å²) in [7, 11) is 0. The summed E-state index contributed by atoms with van der Waals surface area (Å²) in [5.41, 5.74) is 10.7. The molecule has 4 amide bonds. The van der Waals surface area contributed by atoms with Crippen molar-refractivity contribution in [1.82, 2.24) is 16.0 Å². The highest BCUT2D eigenvalue weighted by Gasteiger charge is 2.30. The zero-order valence-corrected chi connectivity index (χ0v) is 16.1. The maximum atomic E-state index is 12.5. The summed E-state index contributed by atoms with van der Waals surface area (Å²) in [6, 6.07) is -3.84. The van der Waals surface area contributed by atoms with E-state index in [-0.39, 0.29) is 12.8 Å². The Bertz CT molecular complexity index is 651. The van der Waals surface area contributed by atoms with E-state index in [0.29, 0.717) is 0 Å². The molecule has 29 heavy (non-hydrogen) atoms. The largest absolute Gasteiger partial charge is 0.481 e. The van der Waals surface area contributed by atoms with Crippen molar-refractivity contribution < 1.29 is 39.0 Å². The molecule has 0 fully saturated rings. The van der Waals surface area contributed by atoms with E-state index in [9.17, 15) is 28.8 Å². The number of carbonyl (C=O) groups is 6. The highest BCUT2D eigenvalue weighted by Crippen LogP contribution is 2.04. The van der Waals surface area contributed by atoms with E-state index in [4.69, 9.17) is 21.7 Å². The van der Waals surface area contributed by atoms with E-state index in [1.165, 1.54) is 0 Å². The summed E-state index contributed by atoms with van der Waals surface area (Å²) in [6.45, 7) is 2.53. The summed E-state index contributed by atoms with van der Waals surface area (Å²) in [5.74, 6) is -6.35. The van der Waals surface area contributed by atoms with Gasteiger partial charge in [-0.1, -0.05) is 13.8 Å². The lowest BCUT2D eigenvalue weighted by molar-refractivity contribution is -0.139. The lowest BCUT2D eigenvalue weighted by atomic mass is 10.0. The second kappa shape index (κ2) is 12.3. The molecule has 0 rings (SSSR count). The molecule has 13 heteroatoms. The average molecular weight is 417 g/mol. The molecular formula is C16H27N5O8. The van der Waals surface area contributed by atoms with Crippen LogP contribution in [-0.4, -0.2) is 70.5 Å². The zero-order valence-electron chi connectivity index (χ0n) is 16.1. The molecular weight excluding hydrogens is 390 g/mol. The quantitative estimate of drug-likeness (QED) is 0.160. The number of hydrogen-bond acceptors (Lipinski definition) is 7. The molecule has 3 atom stereocenters. The first-order chi connectivity index (χ1) is 13.3. The smallest absolute Gasteiger partial charge is 0.322 e. The van der Waals surface area contributed by atoms with Gasteiger partial charge in [-0.25, -0.2) is 0 Å². The fraction of sp³-hybridized carbons (Fsp3) is 0.625. The fourth-order valence-corrected chi connectivity index (χ4v) is 2.16. The molecule has 0 aromatic rings. The van der Waals surface area contributed by atoms with Gasteiger partial charge in [0, 0.05) is 6.42 Å². The minimum Gasteiger partial charge on any atom is -0.481 e. The number of carboxylic acids is 2. The third-order valence-electron chi connectivity index (χ3n) is 3.71. The molecule has 0 bridgehead atoms. The third kappa shape index (κ3) is 10.6. The molecule has 164 valence electrons. The van der Waals surface area contributed by atoms with E-state index in [0.717, 1.165) is 0 Å². The number of primary amides is 1. The van der Waals surface area contributed by atoms with Crippen LogP contribution in [0.5, 0.6) is 0 Å². The Morgan fingerprint density at radius 2 is 1.48 bits per heavy atom. The number of hydrogen-bond donors (Lipinski definition) is 7. The first-order valence-corrected chi connectivity index (χ1v) is 8.71. The zero-order chi connectivity index (χ0) is 22.7. The molecule has 0 aliphatic rings. The van der Waals surface area contributed by atoms with Gasteiger partial charge in [0.05, 0.1) is 12.5 Å². The van der Waals surface area contributed by atoms with Crippen LogP contribution < -0.4 is 27.4 Å². The van der Waals surface area contributed by atoms with Crippen molar-refractivity contribution >= 4 is 35.6 Å². The van der Waals surface area contributed by atoms with Crippen molar-refractivity contribution in [2.24, 2.45) is 17.4 Å². The van der Waals surface area contributed by atoms with E-state index < -0.39 is 72.6 Å². The summed E-state index contributed by atoms with van der Waals surface area (Å²) in [6.07, 6.45) is -1.16. The lowest BCUT2D eigenvalue weighted by Gasteiger charge is -2.25. The van der Waals surface area contributed by atoms with Gasteiger partial charge in [0.2, 0.25) is 23.6 Å². The fourth-order valence-electron chi connectivity index (χ4n) is 2.16. The van der Waals surface area contributed by atoms with Crippen LogP contribution >= 0.6 is 0 Å². The minimum atomic E-state index is -1.45. The summed E-state index contributed by atoms with van der Waals surface area (Å²) in [4.78, 5) is 69.1. The highest BCUT2D eigenvalue weighted by molar-refractivity contribution is 5.96. The van der Waals surface area contributed by atoms with Crippen LogP contribution in [0.1, 0.15) is 33.1 Å². The van der Waals surface area contributed by atoms with Gasteiger partial charge in [-0.15, -0.1) is 0 Å². The van der Waals surface area contributed by atoms with Gasteiger partial charge in [-0.05, 0) is 12.3 Å². The van der Waals surface area contributed by atoms with Crippen molar-refractivity contribution in [1.29, 1.82) is 0 Å². The molecule has 0 spiro atoms. The highest BCUT2D eigenvalue weighted by atomic mass is 16.4. The summed E-state index contributed by atoms with van der Waals surface area (Å²) in [5, 5.41) is 23.9. The van der Waals surface area contributed by atoms with Crippen molar-refractivity contribution in [3.63, 3.8) is 0 Å². The third-order valence-corrected chi connectivity index (χ3v) is 3.71. The molecule has 0 heterocycles. The van der Waals surface area contributed by atoms with Gasteiger partial charge in [-0.2, -0.15) is 0 Å². The van der Waals surface area contributed by atoms with Gasteiger partial charge in [0.15, 0.2) is 0 Å². The SMILES string of the molecule is CC(C)C(NC(=O)C(CC(N)=O)NC(=O)C(N)CCC(=O)O)C(=O)NCC(=O)O. The lowest BCUT2D eigenvalue weighted by Crippen LogP contribution is -2.58. The Balaban J connectivity index is 5.18. The van der Waals surface area contributed by atoms with Crippen LogP contribution in [0.3, 0.4) is 0 Å². The van der Waals surface area contributed by atoms with Crippen LogP contribution in [0.15, 0.2) is 0 Å². The Labute approximate surface area is 166 Å². The van der Waals surface area contributed by atoms with Crippen LogP contribution in [0.25, 0.3) is 0 Å². The molecule has 13 nitrogen and oxygen atoms in total. The molecule has 3 unspecified atom stereocenters. The normalized spacial score (nSPS) is 13.7.